The van der Waals surface area contributed by atoms with Crippen LogP contribution in [-0.2, 0) is 0 Å². The number of rotatable bonds is 6. The molecule has 0 aliphatic carbocycles. The van der Waals surface area contributed by atoms with Crippen LogP contribution in [0.15, 0.2) is 24.3 Å². The van der Waals surface area contributed by atoms with E-state index in [9.17, 15) is 0 Å². The summed E-state index contributed by atoms with van der Waals surface area (Å²) >= 11 is 5.05. The first kappa shape index (κ1) is 16.2. The molecule has 3 nitrogen and oxygen atoms in total. The lowest BCUT2D eigenvalue weighted by Crippen LogP contribution is -2.29. The Morgan fingerprint density at radius 2 is 1.76 bits per heavy atom. The van der Waals surface area contributed by atoms with Crippen LogP contribution in [0.1, 0.15) is 44.1 Å². The fourth-order valence-corrected chi connectivity index (χ4v) is 2.97. The van der Waals surface area contributed by atoms with Gasteiger partial charge in [0.25, 0.3) is 0 Å². The van der Waals surface area contributed by atoms with Gasteiger partial charge in [0.15, 0.2) is 0 Å². The number of para-hydroxylation sites is 1. The average Bonchev–Trinajstić information content (AvgIpc) is 2.45. The molecule has 0 spiro atoms. The fraction of sp³-hybridized carbons (Fsp3) is 0.588. The molecule has 0 radical (unpaired) electrons. The first-order chi connectivity index (χ1) is 10.3. The molecular formula is C17H26N2OS. The summed E-state index contributed by atoms with van der Waals surface area (Å²) < 4.78 is 5.85. The molecule has 0 unspecified atom stereocenters. The zero-order valence-corrected chi connectivity index (χ0v) is 13.5. The van der Waals surface area contributed by atoms with Crippen molar-refractivity contribution in [1.82, 2.24) is 4.90 Å². The number of thiocarbonyl (C=S) groups is 1. The van der Waals surface area contributed by atoms with Crippen molar-refractivity contribution in [2.75, 3.05) is 26.2 Å². The van der Waals surface area contributed by atoms with E-state index in [1.165, 1.54) is 45.2 Å². The van der Waals surface area contributed by atoms with E-state index >= 15 is 0 Å². The molecule has 1 fully saturated rings. The maximum Gasteiger partial charge on any atom is 0.129 e. The number of ether oxygens (including phenoxy) is 1. The fourth-order valence-electron chi connectivity index (χ4n) is 2.80. The van der Waals surface area contributed by atoms with Gasteiger partial charge in [-0.15, -0.1) is 0 Å². The van der Waals surface area contributed by atoms with Crippen LogP contribution < -0.4 is 10.5 Å². The Morgan fingerprint density at radius 1 is 1.10 bits per heavy atom. The molecule has 0 amide bonds. The molecule has 21 heavy (non-hydrogen) atoms. The van der Waals surface area contributed by atoms with Gasteiger partial charge in [-0.1, -0.05) is 43.6 Å². The van der Waals surface area contributed by atoms with Gasteiger partial charge in [0.05, 0.1) is 12.2 Å². The van der Waals surface area contributed by atoms with E-state index in [4.69, 9.17) is 22.7 Å². The summed E-state index contributed by atoms with van der Waals surface area (Å²) in [6, 6.07) is 7.73. The highest BCUT2D eigenvalue weighted by molar-refractivity contribution is 7.80. The van der Waals surface area contributed by atoms with Crippen LogP contribution in [0.2, 0.25) is 0 Å². The van der Waals surface area contributed by atoms with E-state index in [0.29, 0.717) is 4.99 Å². The molecule has 1 aromatic carbocycles. The van der Waals surface area contributed by atoms with Crippen molar-refractivity contribution in [2.24, 2.45) is 5.73 Å². The second-order valence-electron chi connectivity index (χ2n) is 5.67. The second kappa shape index (κ2) is 9.00. The number of hydrogen-bond acceptors (Lipinski definition) is 3. The van der Waals surface area contributed by atoms with Gasteiger partial charge >= 0.3 is 0 Å². The zero-order chi connectivity index (χ0) is 14.9. The molecule has 0 saturated carbocycles. The second-order valence-corrected chi connectivity index (χ2v) is 6.11. The van der Waals surface area contributed by atoms with Gasteiger partial charge in [0.1, 0.15) is 10.7 Å². The molecule has 0 bridgehead atoms. The summed E-state index contributed by atoms with van der Waals surface area (Å²) in [5.74, 6) is 0.803. The van der Waals surface area contributed by atoms with Crippen molar-refractivity contribution in [3.63, 3.8) is 0 Å². The Bertz CT molecular complexity index is 442. The molecule has 4 heteroatoms. The van der Waals surface area contributed by atoms with Gasteiger partial charge in [0, 0.05) is 6.54 Å². The molecular weight excluding hydrogens is 280 g/mol. The van der Waals surface area contributed by atoms with Crippen LogP contribution in [-0.4, -0.2) is 36.1 Å². The predicted octanol–water partition coefficient (Wildman–Crippen LogP) is 3.36. The molecule has 2 N–H and O–H groups in total. The number of nitrogens with zero attached hydrogens (tertiary/aromatic N) is 1. The topological polar surface area (TPSA) is 38.5 Å². The SMILES string of the molecule is NC(=S)c1ccccc1OCCCN1CCCCCCC1. The number of benzene rings is 1. The van der Waals surface area contributed by atoms with E-state index in [-0.39, 0.29) is 0 Å². The highest BCUT2D eigenvalue weighted by Crippen LogP contribution is 2.18. The van der Waals surface area contributed by atoms with Crippen molar-refractivity contribution in [2.45, 2.75) is 38.5 Å². The summed E-state index contributed by atoms with van der Waals surface area (Å²) in [4.78, 5) is 2.97. The van der Waals surface area contributed by atoms with E-state index in [1.807, 2.05) is 24.3 Å². The molecule has 1 aliphatic heterocycles. The van der Waals surface area contributed by atoms with E-state index in [0.717, 1.165) is 30.9 Å². The molecule has 0 atom stereocenters. The largest absolute Gasteiger partial charge is 0.493 e. The lowest BCUT2D eigenvalue weighted by atomic mass is 10.1. The summed E-state index contributed by atoms with van der Waals surface area (Å²) in [6.45, 7) is 4.32. The van der Waals surface area contributed by atoms with Crippen LogP contribution >= 0.6 is 12.2 Å². The highest BCUT2D eigenvalue weighted by atomic mass is 32.1. The minimum atomic E-state index is 0.398. The first-order valence-corrected chi connectivity index (χ1v) is 8.42. The minimum Gasteiger partial charge on any atom is -0.493 e. The number of likely N-dealkylation sites (tertiary alicyclic amines) is 1. The average molecular weight is 306 g/mol. The van der Waals surface area contributed by atoms with E-state index < -0.39 is 0 Å². The van der Waals surface area contributed by atoms with Crippen LogP contribution in [0, 0.1) is 0 Å². The maximum atomic E-state index is 5.85. The molecule has 116 valence electrons. The Balaban J connectivity index is 1.73. The predicted molar refractivity (Wildman–Crippen MR) is 92.0 cm³/mol. The molecule has 2 rings (SSSR count). The van der Waals surface area contributed by atoms with Crippen molar-refractivity contribution < 1.29 is 4.74 Å². The number of nitrogens with two attached hydrogens (primary N) is 1. The first-order valence-electron chi connectivity index (χ1n) is 8.01. The Labute approximate surface area is 133 Å². The van der Waals surface area contributed by atoms with Crippen molar-refractivity contribution in [1.29, 1.82) is 0 Å². The molecule has 1 saturated heterocycles. The molecule has 1 aromatic rings. The Hall–Kier alpha value is -1.13. The summed E-state index contributed by atoms with van der Waals surface area (Å²) in [7, 11) is 0. The minimum absolute atomic E-state index is 0.398. The van der Waals surface area contributed by atoms with Gasteiger partial charge in [-0.05, 0) is 44.5 Å². The lowest BCUT2D eigenvalue weighted by molar-refractivity contribution is 0.218. The monoisotopic (exact) mass is 306 g/mol. The Kier molecular flexibility index (Phi) is 6.96. The van der Waals surface area contributed by atoms with Gasteiger partial charge in [0.2, 0.25) is 0 Å². The van der Waals surface area contributed by atoms with Crippen LogP contribution in [0.5, 0.6) is 5.75 Å². The van der Waals surface area contributed by atoms with Crippen LogP contribution in [0.25, 0.3) is 0 Å². The van der Waals surface area contributed by atoms with Crippen LogP contribution in [0.4, 0.5) is 0 Å². The van der Waals surface area contributed by atoms with Gasteiger partial charge in [-0.25, -0.2) is 0 Å². The summed E-state index contributed by atoms with van der Waals surface area (Å²) in [5.41, 5.74) is 6.54. The third-order valence-electron chi connectivity index (χ3n) is 3.98. The third-order valence-corrected chi connectivity index (χ3v) is 4.20. The zero-order valence-electron chi connectivity index (χ0n) is 12.7. The molecule has 1 heterocycles. The molecule has 1 aliphatic rings. The maximum absolute atomic E-state index is 5.85. The van der Waals surface area contributed by atoms with Gasteiger partial charge in [-0.2, -0.15) is 0 Å². The summed E-state index contributed by atoms with van der Waals surface area (Å²) in [6.07, 6.45) is 7.90. The molecule has 0 aromatic heterocycles. The quantitative estimate of drug-likeness (QED) is 0.646. The van der Waals surface area contributed by atoms with Gasteiger partial charge < -0.3 is 15.4 Å². The van der Waals surface area contributed by atoms with E-state index in [2.05, 4.69) is 4.90 Å². The lowest BCUT2D eigenvalue weighted by Gasteiger charge is -2.24. The standard InChI is InChI=1S/C17H26N2OS/c18-17(21)15-9-4-5-10-16(15)20-14-8-13-19-11-6-2-1-3-7-12-19/h4-5,9-10H,1-3,6-8,11-14H2,(H2,18,21). The Morgan fingerprint density at radius 3 is 2.48 bits per heavy atom. The van der Waals surface area contributed by atoms with Crippen molar-refractivity contribution in [3.05, 3.63) is 29.8 Å². The normalized spacial score (nSPS) is 17.0. The van der Waals surface area contributed by atoms with Gasteiger partial charge in [-0.3, -0.25) is 0 Å². The van der Waals surface area contributed by atoms with Crippen LogP contribution in [0.3, 0.4) is 0 Å². The highest BCUT2D eigenvalue weighted by Gasteiger charge is 2.08. The smallest absolute Gasteiger partial charge is 0.129 e. The van der Waals surface area contributed by atoms with E-state index in [1.54, 1.807) is 0 Å². The summed E-state index contributed by atoms with van der Waals surface area (Å²) in [5, 5.41) is 0. The van der Waals surface area contributed by atoms with Crippen molar-refractivity contribution >= 4 is 17.2 Å². The number of hydrogen-bond donors (Lipinski definition) is 1. The van der Waals surface area contributed by atoms with Crippen molar-refractivity contribution in [3.8, 4) is 5.75 Å². The third kappa shape index (κ3) is 5.64.